The molecule has 3 nitrogen and oxygen atoms in total. The fourth-order valence-corrected chi connectivity index (χ4v) is 3.86. The van der Waals surface area contributed by atoms with Crippen LogP contribution in [0.15, 0.2) is 42.5 Å². The first-order valence-corrected chi connectivity index (χ1v) is 9.44. The second-order valence-electron chi connectivity index (χ2n) is 6.96. The summed E-state index contributed by atoms with van der Waals surface area (Å²) >= 11 is 6.60. The Hall–Kier alpha value is -2.39. The fraction of sp³-hybridized carbons (Fsp3) is 0.273. The molecule has 0 aliphatic heterocycles. The number of aromatic nitrogens is 1. The number of hydrogen-bond acceptors (Lipinski definition) is 2. The van der Waals surface area contributed by atoms with Gasteiger partial charge in [0.1, 0.15) is 0 Å². The topological polar surface area (TPSA) is 42.0 Å². The normalized spacial score (nSPS) is 13.5. The number of nitrogens with zero attached hydrogens (tertiary/aromatic N) is 1. The predicted octanol–water partition coefficient (Wildman–Crippen LogP) is 5.01. The zero-order chi connectivity index (χ0) is 18.1. The summed E-state index contributed by atoms with van der Waals surface area (Å²) in [5, 5.41) is 4.71. The Balaban J connectivity index is 1.58. The molecular formula is C22H21ClN2O. The van der Waals surface area contributed by atoms with Gasteiger partial charge in [-0.3, -0.25) is 9.78 Å². The molecule has 0 saturated heterocycles. The number of pyridine rings is 1. The summed E-state index contributed by atoms with van der Waals surface area (Å²) in [5.74, 6) is -0.0943. The summed E-state index contributed by atoms with van der Waals surface area (Å²) in [7, 11) is 0. The maximum absolute atomic E-state index is 12.5. The predicted molar refractivity (Wildman–Crippen MR) is 106 cm³/mol. The van der Waals surface area contributed by atoms with E-state index in [1.165, 1.54) is 17.5 Å². The van der Waals surface area contributed by atoms with Crippen LogP contribution in [-0.2, 0) is 19.4 Å². The Morgan fingerprint density at radius 3 is 2.69 bits per heavy atom. The third kappa shape index (κ3) is 3.32. The summed E-state index contributed by atoms with van der Waals surface area (Å²) in [6.45, 7) is 2.56. The van der Waals surface area contributed by atoms with Crippen molar-refractivity contribution in [3.63, 3.8) is 0 Å². The first-order valence-electron chi connectivity index (χ1n) is 9.06. The van der Waals surface area contributed by atoms with Gasteiger partial charge in [-0.2, -0.15) is 0 Å². The van der Waals surface area contributed by atoms with E-state index in [-0.39, 0.29) is 5.91 Å². The van der Waals surface area contributed by atoms with Crippen LogP contribution in [0.2, 0.25) is 5.02 Å². The Bertz CT molecular complexity index is 980. The van der Waals surface area contributed by atoms with Crippen molar-refractivity contribution in [1.29, 1.82) is 0 Å². The van der Waals surface area contributed by atoms with Crippen LogP contribution in [0.3, 0.4) is 0 Å². The van der Waals surface area contributed by atoms with Gasteiger partial charge < -0.3 is 5.32 Å². The number of halogens is 1. The highest BCUT2D eigenvalue weighted by atomic mass is 35.5. The van der Waals surface area contributed by atoms with Gasteiger partial charge in [-0.05, 0) is 55.9 Å². The van der Waals surface area contributed by atoms with E-state index in [1.807, 2.05) is 49.4 Å². The van der Waals surface area contributed by atoms with Crippen LogP contribution in [-0.4, -0.2) is 10.9 Å². The molecule has 2 aromatic carbocycles. The lowest BCUT2D eigenvalue weighted by Crippen LogP contribution is -2.22. The highest BCUT2D eigenvalue weighted by Crippen LogP contribution is 2.33. The summed E-state index contributed by atoms with van der Waals surface area (Å²) in [6, 6.07) is 13.8. The minimum atomic E-state index is -0.0943. The highest BCUT2D eigenvalue weighted by Gasteiger charge is 2.18. The molecule has 4 rings (SSSR count). The van der Waals surface area contributed by atoms with Crippen molar-refractivity contribution in [3.05, 3.63) is 75.4 Å². The van der Waals surface area contributed by atoms with Gasteiger partial charge in [0, 0.05) is 23.2 Å². The molecule has 1 aromatic heterocycles. The van der Waals surface area contributed by atoms with E-state index in [9.17, 15) is 4.79 Å². The third-order valence-electron chi connectivity index (χ3n) is 5.03. The molecule has 0 radical (unpaired) electrons. The van der Waals surface area contributed by atoms with Crippen molar-refractivity contribution < 1.29 is 4.79 Å². The van der Waals surface area contributed by atoms with Crippen molar-refractivity contribution in [1.82, 2.24) is 10.3 Å². The van der Waals surface area contributed by atoms with E-state index in [2.05, 4.69) is 5.32 Å². The number of fused-ring (bicyclic) bond motifs is 2. The average molecular weight is 365 g/mol. The Morgan fingerprint density at radius 2 is 1.88 bits per heavy atom. The number of rotatable bonds is 3. The smallest absolute Gasteiger partial charge is 0.251 e. The lowest BCUT2D eigenvalue weighted by atomic mass is 9.94. The third-order valence-corrected chi connectivity index (χ3v) is 5.46. The van der Waals surface area contributed by atoms with Crippen molar-refractivity contribution >= 4 is 28.4 Å². The van der Waals surface area contributed by atoms with Crippen LogP contribution in [0.25, 0.3) is 10.9 Å². The molecule has 0 saturated carbocycles. The summed E-state index contributed by atoms with van der Waals surface area (Å²) in [6.07, 6.45) is 4.28. The molecule has 0 unspecified atom stereocenters. The monoisotopic (exact) mass is 364 g/mol. The number of benzene rings is 2. The van der Waals surface area contributed by atoms with E-state index in [1.54, 1.807) is 0 Å². The molecule has 3 aromatic rings. The molecule has 0 atom stereocenters. The first kappa shape index (κ1) is 17.0. The van der Waals surface area contributed by atoms with Gasteiger partial charge in [-0.25, -0.2) is 0 Å². The van der Waals surface area contributed by atoms with Crippen LogP contribution >= 0.6 is 11.6 Å². The van der Waals surface area contributed by atoms with E-state index >= 15 is 0 Å². The van der Waals surface area contributed by atoms with E-state index in [0.717, 1.165) is 46.4 Å². The zero-order valence-electron chi connectivity index (χ0n) is 14.8. The molecule has 1 aliphatic rings. The molecule has 1 aliphatic carbocycles. The van der Waals surface area contributed by atoms with Gasteiger partial charge in [0.25, 0.3) is 5.91 Å². The summed E-state index contributed by atoms with van der Waals surface area (Å²) in [5.41, 5.74) is 5.98. The van der Waals surface area contributed by atoms with Crippen molar-refractivity contribution in [2.45, 2.75) is 39.2 Å². The molecule has 26 heavy (non-hydrogen) atoms. The van der Waals surface area contributed by atoms with E-state index < -0.39 is 0 Å². The maximum atomic E-state index is 12.5. The van der Waals surface area contributed by atoms with Gasteiger partial charge in [-0.1, -0.05) is 47.5 Å². The van der Waals surface area contributed by atoms with Crippen LogP contribution in [0.5, 0.6) is 0 Å². The van der Waals surface area contributed by atoms with E-state index in [0.29, 0.717) is 12.1 Å². The largest absolute Gasteiger partial charge is 0.348 e. The molecule has 0 spiro atoms. The van der Waals surface area contributed by atoms with Crippen molar-refractivity contribution in [2.75, 3.05) is 0 Å². The van der Waals surface area contributed by atoms with Crippen molar-refractivity contribution in [3.8, 4) is 0 Å². The minimum Gasteiger partial charge on any atom is -0.348 e. The van der Waals surface area contributed by atoms with Gasteiger partial charge in [-0.15, -0.1) is 0 Å². The Labute approximate surface area is 158 Å². The number of hydrogen-bond donors (Lipinski definition) is 1. The molecule has 0 bridgehead atoms. The summed E-state index contributed by atoms with van der Waals surface area (Å²) < 4.78 is 0. The molecule has 132 valence electrons. The molecule has 1 amide bonds. The standard InChI is InChI=1S/C22H21ClN2O/c1-14-6-8-15(9-7-14)13-24-22(26)16-10-11-18-20(12-16)25-19-5-3-2-4-17(19)21(18)23/h6-12H,2-5,13H2,1H3,(H,24,26). The Morgan fingerprint density at radius 1 is 1.12 bits per heavy atom. The van der Waals surface area contributed by atoms with Crippen LogP contribution in [0.4, 0.5) is 0 Å². The second kappa shape index (κ2) is 7.08. The number of carbonyl (C=O) groups is 1. The lowest BCUT2D eigenvalue weighted by Gasteiger charge is -2.18. The molecule has 1 heterocycles. The number of amides is 1. The van der Waals surface area contributed by atoms with Gasteiger partial charge >= 0.3 is 0 Å². The van der Waals surface area contributed by atoms with E-state index in [4.69, 9.17) is 16.6 Å². The average Bonchev–Trinajstić information content (AvgIpc) is 2.67. The van der Waals surface area contributed by atoms with Crippen LogP contribution in [0, 0.1) is 6.92 Å². The number of carbonyl (C=O) groups excluding carboxylic acids is 1. The quantitative estimate of drug-likeness (QED) is 0.710. The molecule has 0 fully saturated rings. The molecule has 1 N–H and O–H groups in total. The van der Waals surface area contributed by atoms with Crippen molar-refractivity contribution in [2.24, 2.45) is 0 Å². The lowest BCUT2D eigenvalue weighted by molar-refractivity contribution is 0.0951. The number of nitrogens with one attached hydrogen (secondary N) is 1. The van der Waals surface area contributed by atoms with Gasteiger partial charge in [0.15, 0.2) is 0 Å². The van der Waals surface area contributed by atoms with Crippen LogP contribution in [0.1, 0.15) is 45.6 Å². The Kier molecular flexibility index (Phi) is 4.64. The van der Waals surface area contributed by atoms with Gasteiger partial charge in [0.05, 0.1) is 10.5 Å². The number of aryl methyl sites for hydroxylation is 2. The SMILES string of the molecule is Cc1ccc(CNC(=O)c2ccc3c(Cl)c4c(nc3c2)CCCC4)cc1. The zero-order valence-corrected chi connectivity index (χ0v) is 15.6. The van der Waals surface area contributed by atoms with Gasteiger partial charge in [0.2, 0.25) is 0 Å². The first-order chi connectivity index (χ1) is 12.6. The van der Waals surface area contributed by atoms with Crippen LogP contribution < -0.4 is 5.32 Å². The second-order valence-corrected chi connectivity index (χ2v) is 7.34. The maximum Gasteiger partial charge on any atom is 0.251 e. The summed E-state index contributed by atoms with van der Waals surface area (Å²) in [4.78, 5) is 17.3. The highest BCUT2D eigenvalue weighted by molar-refractivity contribution is 6.36. The fourth-order valence-electron chi connectivity index (χ4n) is 3.50. The molecular weight excluding hydrogens is 344 g/mol. The molecule has 4 heteroatoms. The minimum absolute atomic E-state index is 0.0943.